The van der Waals surface area contributed by atoms with E-state index in [0.717, 1.165) is 22.3 Å². The van der Waals surface area contributed by atoms with Crippen molar-refractivity contribution >= 4 is 6.02 Å². The molecule has 1 aromatic carbocycles. The van der Waals surface area contributed by atoms with Crippen LogP contribution in [0.5, 0.6) is 0 Å². The van der Waals surface area contributed by atoms with Gasteiger partial charge in [-0.15, -0.1) is 0 Å². The number of aliphatic hydroxyl groups is 2. The highest BCUT2D eigenvalue weighted by atomic mass is 16.8. The lowest BCUT2D eigenvalue weighted by Crippen LogP contribution is -2.46. The van der Waals surface area contributed by atoms with E-state index in [0.29, 0.717) is 19.3 Å². The lowest BCUT2D eigenvalue weighted by Gasteiger charge is -2.34. The van der Waals surface area contributed by atoms with Crippen molar-refractivity contribution in [1.82, 2.24) is 9.97 Å². The maximum atomic E-state index is 10.1. The quantitative estimate of drug-likeness (QED) is 0.382. The summed E-state index contributed by atoms with van der Waals surface area (Å²) < 4.78 is 4.69. The number of amidine groups is 1. The van der Waals surface area contributed by atoms with E-state index in [1.54, 1.807) is 12.4 Å². The van der Waals surface area contributed by atoms with Gasteiger partial charge in [0, 0.05) is 18.0 Å². The molecule has 2 aromatic rings. The molecule has 134 valence electrons. The summed E-state index contributed by atoms with van der Waals surface area (Å²) in [5.74, 6) is -3.03. The zero-order valence-corrected chi connectivity index (χ0v) is 14.4. The summed E-state index contributed by atoms with van der Waals surface area (Å²) in [6.45, 7) is 4.00. The molecule has 0 saturated carbocycles. The molecular formula is C18H24N4O3. The first-order chi connectivity index (χ1) is 12.0. The number of benzene rings is 1. The second-order valence-electron chi connectivity index (χ2n) is 5.64. The molecule has 1 aromatic heterocycles. The molecule has 7 heteroatoms. The van der Waals surface area contributed by atoms with Crippen molar-refractivity contribution < 1.29 is 14.9 Å². The Morgan fingerprint density at radius 3 is 2.60 bits per heavy atom. The van der Waals surface area contributed by atoms with Gasteiger partial charge in [-0.05, 0) is 36.0 Å². The molecule has 0 spiro atoms. The van der Waals surface area contributed by atoms with Crippen molar-refractivity contribution in [3.63, 3.8) is 0 Å². The van der Waals surface area contributed by atoms with Gasteiger partial charge in [0.05, 0.1) is 5.92 Å². The van der Waals surface area contributed by atoms with E-state index in [4.69, 9.17) is 11.1 Å². The van der Waals surface area contributed by atoms with Gasteiger partial charge in [-0.25, -0.2) is 9.97 Å². The Morgan fingerprint density at radius 2 is 1.96 bits per heavy atom. The third-order valence-corrected chi connectivity index (χ3v) is 4.15. The van der Waals surface area contributed by atoms with Crippen molar-refractivity contribution in [3.05, 3.63) is 48.0 Å². The standard InChI is InChI=1S/C16H18N4O3.C2H6/c17-15(18)23-16(21,22)12-5-4-10-2-1-3-13(14(10)6-12)11-7-19-9-20-8-11;1-2/h1-3,7-9,12,21-22H,4-6H2,(H3,17,18);1-2H3. The van der Waals surface area contributed by atoms with Crippen LogP contribution in [-0.2, 0) is 17.6 Å². The molecule has 25 heavy (non-hydrogen) atoms. The van der Waals surface area contributed by atoms with E-state index in [1.165, 1.54) is 6.33 Å². The SMILES string of the molecule is CC.N=C(N)OC(O)(O)C1CCc2cccc(-c3cncnc3)c2C1. The second kappa shape index (κ2) is 8.04. The number of nitrogens with one attached hydrogen (secondary N) is 1. The average Bonchev–Trinajstić information content (AvgIpc) is 2.62. The summed E-state index contributed by atoms with van der Waals surface area (Å²) in [5.41, 5.74) is 9.13. The van der Waals surface area contributed by atoms with E-state index >= 15 is 0 Å². The number of nitrogens with zero attached hydrogens (tertiary/aromatic N) is 2. The first-order valence-electron chi connectivity index (χ1n) is 8.31. The van der Waals surface area contributed by atoms with Crippen LogP contribution in [0.2, 0.25) is 0 Å². The van der Waals surface area contributed by atoms with E-state index in [1.807, 2.05) is 32.0 Å². The van der Waals surface area contributed by atoms with Gasteiger partial charge in [0.25, 0.3) is 6.02 Å². The molecule has 7 nitrogen and oxygen atoms in total. The molecule has 1 atom stereocenters. The molecular weight excluding hydrogens is 320 g/mol. The van der Waals surface area contributed by atoms with Crippen molar-refractivity contribution in [1.29, 1.82) is 5.41 Å². The Bertz CT molecular complexity index is 720. The van der Waals surface area contributed by atoms with Crippen LogP contribution < -0.4 is 5.73 Å². The molecule has 1 heterocycles. The Kier molecular flexibility index (Phi) is 6.06. The summed E-state index contributed by atoms with van der Waals surface area (Å²) in [5, 5.41) is 27.3. The Balaban J connectivity index is 0.00000109. The van der Waals surface area contributed by atoms with Crippen LogP contribution in [0.3, 0.4) is 0 Å². The summed E-state index contributed by atoms with van der Waals surface area (Å²) in [7, 11) is 0. The van der Waals surface area contributed by atoms with Crippen LogP contribution in [0.15, 0.2) is 36.9 Å². The molecule has 1 unspecified atom stereocenters. The number of fused-ring (bicyclic) bond motifs is 1. The fourth-order valence-electron chi connectivity index (χ4n) is 3.06. The topological polar surface area (TPSA) is 125 Å². The van der Waals surface area contributed by atoms with E-state index in [2.05, 4.69) is 14.7 Å². The molecule has 0 radical (unpaired) electrons. The number of aromatic nitrogens is 2. The largest absolute Gasteiger partial charge is 0.408 e. The molecule has 1 aliphatic rings. The van der Waals surface area contributed by atoms with Gasteiger partial charge in [-0.3, -0.25) is 5.41 Å². The normalized spacial score (nSPS) is 16.2. The zero-order chi connectivity index (χ0) is 18.4. The van der Waals surface area contributed by atoms with Gasteiger partial charge in [0.1, 0.15) is 6.33 Å². The van der Waals surface area contributed by atoms with Crippen molar-refractivity contribution in [2.24, 2.45) is 11.7 Å². The minimum atomic E-state index is -2.45. The molecule has 3 rings (SSSR count). The molecule has 0 bridgehead atoms. The highest BCUT2D eigenvalue weighted by Crippen LogP contribution is 2.37. The predicted molar refractivity (Wildman–Crippen MR) is 94.5 cm³/mol. The highest BCUT2D eigenvalue weighted by Gasteiger charge is 2.40. The highest BCUT2D eigenvalue weighted by molar-refractivity contribution is 5.68. The summed E-state index contributed by atoms with van der Waals surface area (Å²) in [4.78, 5) is 8.08. The molecule has 0 amide bonds. The van der Waals surface area contributed by atoms with Gasteiger partial charge >= 0.3 is 5.97 Å². The molecule has 0 aliphatic heterocycles. The van der Waals surface area contributed by atoms with Gasteiger partial charge in [-0.2, -0.15) is 0 Å². The minimum absolute atomic E-state index is 0.403. The maximum Gasteiger partial charge on any atom is 0.327 e. The van der Waals surface area contributed by atoms with Crippen LogP contribution in [0.4, 0.5) is 0 Å². The number of nitrogens with two attached hydrogens (primary N) is 1. The fraction of sp³-hybridized carbons (Fsp3) is 0.389. The number of rotatable bonds is 3. The lowest BCUT2D eigenvalue weighted by molar-refractivity contribution is -0.333. The summed E-state index contributed by atoms with van der Waals surface area (Å²) in [6.07, 6.45) is 6.54. The predicted octanol–water partition coefficient (Wildman–Crippen LogP) is 1.82. The number of hydrogen-bond donors (Lipinski definition) is 4. The van der Waals surface area contributed by atoms with Gasteiger partial charge in [-0.1, -0.05) is 32.0 Å². The molecule has 0 saturated heterocycles. The number of hydrogen-bond acceptors (Lipinski definition) is 6. The maximum absolute atomic E-state index is 10.1. The van der Waals surface area contributed by atoms with Crippen molar-refractivity contribution in [2.45, 2.75) is 39.1 Å². The van der Waals surface area contributed by atoms with Crippen LogP contribution in [-0.4, -0.2) is 32.2 Å². The summed E-state index contributed by atoms with van der Waals surface area (Å²) >= 11 is 0. The third-order valence-electron chi connectivity index (χ3n) is 4.15. The van der Waals surface area contributed by atoms with E-state index < -0.39 is 17.9 Å². The number of aryl methyl sites for hydroxylation is 1. The Hall–Kier alpha value is -2.51. The second-order valence-corrected chi connectivity index (χ2v) is 5.64. The van der Waals surface area contributed by atoms with Crippen LogP contribution in [0.25, 0.3) is 11.1 Å². The Morgan fingerprint density at radius 1 is 1.28 bits per heavy atom. The van der Waals surface area contributed by atoms with Gasteiger partial charge < -0.3 is 20.7 Å². The van der Waals surface area contributed by atoms with E-state index in [9.17, 15) is 10.2 Å². The zero-order valence-electron chi connectivity index (χ0n) is 14.4. The third kappa shape index (κ3) is 4.32. The average molecular weight is 344 g/mol. The van der Waals surface area contributed by atoms with Crippen molar-refractivity contribution in [3.8, 4) is 11.1 Å². The van der Waals surface area contributed by atoms with Crippen molar-refractivity contribution in [2.75, 3.05) is 0 Å². The number of ether oxygens (including phenoxy) is 1. The molecule has 1 aliphatic carbocycles. The van der Waals surface area contributed by atoms with Gasteiger partial charge in [0.2, 0.25) is 0 Å². The monoisotopic (exact) mass is 344 g/mol. The van der Waals surface area contributed by atoms with Crippen LogP contribution in [0, 0.1) is 11.3 Å². The van der Waals surface area contributed by atoms with Crippen LogP contribution >= 0.6 is 0 Å². The fourth-order valence-corrected chi connectivity index (χ4v) is 3.06. The lowest BCUT2D eigenvalue weighted by atomic mass is 9.79. The van der Waals surface area contributed by atoms with E-state index in [-0.39, 0.29) is 0 Å². The minimum Gasteiger partial charge on any atom is -0.408 e. The van der Waals surface area contributed by atoms with Gasteiger partial charge in [0.15, 0.2) is 0 Å². The molecule has 5 N–H and O–H groups in total. The summed E-state index contributed by atoms with van der Waals surface area (Å²) in [6, 6.07) is 5.24. The van der Waals surface area contributed by atoms with Crippen LogP contribution in [0.1, 0.15) is 31.4 Å². The first-order valence-corrected chi connectivity index (χ1v) is 8.31. The smallest absolute Gasteiger partial charge is 0.327 e. The first kappa shape index (κ1) is 18.8. The Labute approximate surface area is 147 Å². The molecule has 0 fully saturated rings.